The van der Waals surface area contributed by atoms with Crippen LogP contribution in [0.2, 0.25) is 0 Å². The van der Waals surface area contributed by atoms with Crippen LogP contribution in [0.25, 0.3) is 11.4 Å². The lowest BCUT2D eigenvalue weighted by Crippen LogP contribution is -2.02. The van der Waals surface area contributed by atoms with Crippen LogP contribution in [0.1, 0.15) is 16.6 Å². The smallest absolute Gasteiger partial charge is 0.246 e. The van der Waals surface area contributed by atoms with Crippen molar-refractivity contribution >= 4 is 17.2 Å². The molecule has 0 spiro atoms. The Balaban J connectivity index is 1.54. The zero-order chi connectivity index (χ0) is 16.4. The van der Waals surface area contributed by atoms with Crippen LogP contribution in [-0.2, 0) is 13.0 Å². The van der Waals surface area contributed by atoms with E-state index in [1.165, 1.54) is 4.88 Å². The molecule has 0 bridgehead atoms. The van der Waals surface area contributed by atoms with Gasteiger partial charge in [0.25, 0.3) is 0 Å². The molecule has 4 heterocycles. The molecule has 4 aromatic rings. The molecule has 0 aliphatic heterocycles. The molecule has 0 aliphatic carbocycles. The highest BCUT2D eigenvalue weighted by molar-refractivity contribution is 7.09. The minimum absolute atomic E-state index is 0.453. The molecule has 0 radical (unpaired) electrons. The SMILES string of the molecule is Nc1cc(-c2nccn2Cc2nc(Cc3cccs3)no2)ccn1. The summed E-state index contributed by atoms with van der Waals surface area (Å²) in [6.45, 7) is 0.453. The van der Waals surface area contributed by atoms with Crippen molar-refractivity contribution in [1.29, 1.82) is 0 Å². The first-order valence-corrected chi connectivity index (χ1v) is 8.23. The van der Waals surface area contributed by atoms with Gasteiger partial charge in [0, 0.05) is 35.5 Å². The van der Waals surface area contributed by atoms with Crippen LogP contribution in [0.3, 0.4) is 0 Å². The first-order chi connectivity index (χ1) is 11.8. The van der Waals surface area contributed by atoms with E-state index >= 15 is 0 Å². The molecule has 0 fully saturated rings. The van der Waals surface area contributed by atoms with Gasteiger partial charge in [0.1, 0.15) is 18.2 Å². The normalized spacial score (nSPS) is 11.0. The quantitative estimate of drug-likeness (QED) is 0.601. The number of nitrogens with two attached hydrogens (primary N) is 1. The average Bonchev–Trinajstić information content (AvgIpc) is 3.31. The fourth-order valence-corrected chi connectivity index (χ4v) is 3.13. The molecule has 0 aromatic carbocycles. The molecule has 0 saturated carbocycles. The molecule has 120 valence electrons. The maximum atomic E-state index is 5.75. The number of thiophene rings is 1. The number of hydrogen-bond acceptors (Lipinski definition) is 7. The van der Waals surface area contributed by atoms with Crippen LogP contribution in [0.4, 0.5) is 5.82 Å². The van der Waals surface area contributed by atoms with Gasteiger partial charge in [-0.1, -0.05) is 11.2 Å². The second-order valence-corrected chi connectivity index (χ2v) is 6.24. The van der Waals surface area contributed by atoms with Crippen molar-refractivity contribution in [2.75, 3.05) is 5.73 Å². The van der Waals surface area contributed by atoms with Gasteiger partial charge in [-0.15, -0.1) is 11.3 Å². The van der Waals surface area contributed by atoms with E-state index in [4.69, 9.17) is 10.3 Å². The van der Waals surface area contributed by atoms with Gasteiger partial charge in [-0.2, -0.15) is 4.98 Å². The van der Waals surface area contributed by atoms with E-state index in [0.717, 1.165) is 11.4 Å². The summed E-state index contributed by atoms with van der Waals surface area (Å²) in [5.41, 5.74) is 6.64. The number of rotatable bonds is 5. The van der Waals surface area contributed by atoms with Gasteiger partial charge in [0.05, 0.1) is 0 Å². The maximum absolute atomic E-state index is 5.75. The van der Waals surface area contributed by atoms with E-state index < -0.39 is 0 Å². The van der Waals surface area contributed by atoms with Gasteiger partial charge in [-0.25, -0.2) is 9.97 Å². The van der Waals surface area contributed by atoms with Crippen molar-refractivity contribution in [3.8, 4) is 11.4 Å². The first-order valence-electron chi connectivity index (χ1n) is 7.35. The minimum atomic E-state index is 0.453. The lowest BCUT2D eigenvalue weighted by Gasteiger charge is -2.05. The number of nitrogens with zero attached hydrogens (tertiary/aromatic N) is 5. The fraction of sp³-hybridized carbons (Fsp3) is 0.125. The third-order valence-corrected chi connectivity index (χ3v) is 4.36. The molecule has 24 heavy (non-hydrogen) atoms. The summed E-state index contributed by atoms with van der Waals surface area (Å²) >= 11 is 1.68. The van der Waals surface area contributed by atoms with Gasteiger partial charge in [-0.05, 0) is 23.6 Å². The monoisotopic (exact) mass is 338 g/mol. The average molecular weight is 338 g/mol. The molecule has 8 heteroatoms. The first kappa shape index (κ1) is 14.6. The van der Waals surface area contributed by atoms with Crippen LogP contribution >= 0.6 is 11.3 Å². The summed E-state index contributed by atoms with van der Waals surface area (Å²) in [6.07, 6.45) is 5.94. The highest BCUT2D eigenvalue weighted by Gasteiger charge is 2.12. The van der Waals surface area contributed by atoms with Gasteiger partial charge < -0.3 is 14.8 Å². The van der Waals surface area contributed by atoms with E-state index in [0.29, 0.717) is 30.5 Å². The third kappa shape index (κ3) is 3.04. The number of hydrogen-bond donors (Lipinski definition) is 1. The standard InChI is InChI=1S/C16H14N6OS/c17-13-8-11(3-4-18-13)16-19-5-6-22(16)10-15-20-14(21-23-15)9-12-2-1-7-24-12/h1-8H,9-10H2,(H2,17,18). The summed E-state index contributed by atoms with van der Waals surface area (Å²) in [6, 6.07) is 7.72. The van der Waals surface area contributed by atoms with Crippen molar-refractivity contribution in [2.24, 2.45) is 0 Å². The van der Waals surface area contributed by atoms with Gasteiger partial charge in [-0.3, -0.25) is 0 Å². The molecule has 0 unspecified atom stereocenters. The van der Waals surface area contributed by atoms with Crippen molar-refractivity contribution in [1.82, 2.24) is 24.7 Å². The second-order valence-electron chi connectivity index (χ2n) is 5.21. The Morgan fingerprint density at radius 1 is 1.21 bits per heavy atom. The molecular formula is C16H14N6OS. The van der Waals surface area contributed by atoms with Gasteiger partial charge in [0.15, 0.2) is 5.82 Å². The fourth-order valence-electron chi connectivity index (χ4n) is 2.43. The molecule has 4 rings (SSSR count). The zero-order valence-electron chi connectivity index (χ0n) is 12.7. The molecule has 0 amide bonds. The van der Waals surface area contributed by atoms with Crippen LogP contribution in [-0.4, -0.2) is 24.7 Å². The Hall–Kier alpha value is -3.00. The highest BCUT2D eigenvalue weighted by atomic mass is 32.1. The number of nitrogen functional groups attached to an aromatic ring is 1. The van der Waals surface area contributed by atoms with E-state index in [1.54, 1.807) is 29.8 Å². The summed E-state index contributed by atoms with van der Waals surface area (Å²) in [7, 11) is 0. The molecule has 2 N–H and O–H groups in total. The molecule has 4 aromatic heterocycles. The Bertz CT molecular complexity index is 943. The Morgan fingerprint density at radius 3 is 3.00 bits per heavy atom. The topological polar surface area (TPSA) is 95.7 Å². The summed E-state index contributed by atoms with van der Waals surface area (Å²) < 4.78 is 7.30. The molecule has 0 saturated heterocycles. The summed E-state index contributed by atoms with van der Waals surface area (Å²) in [5, 5.41) is 6.08. The van der Waals surface area contributed by atoms with E-state index in [9.17, 15) is 0 Å². The van der Waals surface area contributed by atoms with Crippen molar-refractivity contribution in [3.63, 3.8) is 0 Å². The third-order valence-electron chi connectivity index (χ3n) is 3.48. The lowest BCUT2D eigenvalue weighted by molar-refractivity contribution is 0.367. The Morgan fingerprint density at radius 2 is 2.17 bits per heavy atom. The highest BCUT2D eigenvalue weighted by Crippen LogP contribution is 2.19. The van der Waals surface area contributed by atoms with E-state index in [1.807, 2.05) is 28.3 Å². The predicted octanol–water partition coefficient (Wildman–Crippen LogP) is 2.61. The van der Waals surface area contributed by atoms with Crippen LogP contribution in [0.15, 0.2) is 52.8 Å². The van der Waals surface area contributed by atoms with Crippen LogP contribution < -0.4 is 5.73 Å². The Labute approximate surface area is 141 Å². The van der Waals surface area contributed by atoms with E-state index in [2.05, 4.69) is 26.2 Å². The largest absolute Gasteiger partial charge is 0.384 e. The predicted molar refractivity (Wildman–Crippen MR) is 90.4 cm³/mol. The maximum Gasteiger partial charge on any atom is 0.246 e. The minimum Gasteiger partial charge on any atom is -0.384 e. The number of pyridine rings is 1. The molecular weight excluding hydrogens is 324 g/mol. The lowest BCUT2D eigenvalue weighted by atomic mass is 10.2. The van der Waals surface area contributed by atoms with Crippen molar-refractivity contribution < 1.29 is 4.52 Å². The molecule has 0 atom stereocenters. The molecule has 0 aliphatic rings. The van der Waals surface area contributed by atoms with Crippen molar-refractivity contribution in [2.45, 2.75) is 13.0 Å². The zero-order valence-corrected chi connectivity index (χ0v) is 13.5. The summed E-state index contributed by atoms with van der Waals surface area (Å²) in [4.78, 5) is 14.0. The Kier molecular flexibility index (Phi) is 3.80. The number of aromatic nitrogens is 5. The van der Waals surface area contributed by atoms with Gasteiger partial charge >= 0.3 is 0 Å². The number of anilines is 1. The second kappa shape index (κ2) is 6.25. The number of imidazole rings is 1. The van der Waals surface area contributed by atoms with Crippen LogP contribution in [0.5, 0.6) is 0 Å². The molecule has 7 nitrogen and oxygen atoms in total. The van der Waals surface area contributed by atoms with E-state index in [-0.39, 0.29) is 0 Å². The van der Waals surface area contributed by atoms with Gasteiger partial charge in [0.2, 0.25) is 5.89 Å². The van der Waals surface area contributed by atoms with Crippen molar-refractivity contribution in [3.05, 3.63) is 64.8 Å². The summed E-state index contributed by atoms with van der Waals surface area (Å²) in [5.74, 6) is 2.46. The van der Waals surface area contributed by atoms with Crippen LogP contribution in [0, 0.1) is 0 Å².